The molecule has 1 N–H and O–H groups in total. The molecule has 0 fully saturated rings. The molecule has 162 valence electrons. The monoisotopic (exact) mass is 437 g/mol. The van der Waals surface area contributed by atoms with Crippen LogP contribution in [0.3, 0.4) is 0 Å². The number of nitrogens with zero attached hydrogens (tertiary/aromatic N) is 2. The maximum Gasteiger partial charge on any atom is 0.262 e. The van der Waals surface area contributed by atoms with Crippen molar-refractivity contribution < 1.29 is 9.21 Å². The summed E-state index contributed by atoms with van der Waals surface area (Å²) < 4.78 is 7.03. The van der Waals surface area contributed by atoms with Crippen LogP contribution in [-0.4, -0.2) is 27.3 Å². The SMILES string of the molecule is CC(Sc1nc2ccccc2c(=O)n1Cc1ccco1)C(=O)NCCC1=CCCCC1. The molecule has 1 aromatic carbocycles. The Morgan fingerprint density at radius 1 is 1.26 bits per heavy atom. The van der Waals surface area contributed by atoms with E-state index in [1.54, 1.807) is 23.0 Å². The fourth-order valence-corrected chi connectivity index (χ4v) is 4.70. The second-order valence-electron chi connectivity index (χ2n) is 7.79. The summed E-state index contributed by atoms with van der Waals surface area (Å²) in [4.78, 5) is 30.5. The molecule has 0 saturated heterocycles. The van der Waals surface area contributed by atoms with E-state index in [2.05, 4.69) is 16.4 Å². The average Bonchev–Trinajstić information content (AvgIpc) is 3.30. The molecule has 0 saturated carbocycles. The zero-order valence-electron chi connectivity index (χ0n) is 17.7. The van der Waals surface area contributed by atoms with Gasteiger partial charge in [0.1, 0.15) is 5.76 Å². The molecule has 2 heterocycles. The molecule has 0 bridgehead atoms. The number of hydrogen-bond acceptors (Lipinski definition) is 5. The smallest absolute Gasteiger partial charge is 0.262 e. The largest absolute Gasteiger partial charge is 0.467 e. The Labute approximate surface area is 185 Å². The summed E-state index contributed by atoms with van der Waals surface area (Å²) in [5.74, 6) is 0.618. The summed E-state index contributed by atoms with van der Waals surface area (Å²) >= 11 is 1.30. The van der Waals surface area contributed by atoms with Crippen LogP contribution in [0.15, 0.2) is 68.7 Å². The third-order valence-electron chi connectivity index (χ3n) is 5.50. The van der Waals surface area contributed by atoms with E-state index in [9.17, 15) is 9.59 Å². The molecule has 1 aliphatic carbocycles. The highest BCUT2D eigenvalue weighted by Crippen LogP contribution is 2.24. The Morgan fingerprint density at radius 3 is 2.90 bits per heavy atom. The lowest BCUT2D eigenvalue weighted by Gasteiger charge is -2.17. The third-order valence-corrected chi connectivity index (χ3v) is 6.59. The minimum absolute atomic E-state index is 0.0478. The number of para-hydroxylation sites is 1. The first-order chi connectivity index (χ1) is 15.1. The van der Waals surface area contributed by atoms with Gasteiger partial charge in [-0.25, -0.2) is 4.98 Å². The van der Waals surface area contributed by atoms with E-state index in [0.29, 0.717) is 28.4 Å². The fourth-order valence-electron chi connectivity index (χ4n) is 3.77. The first-order valence-electron chi connectivity index (χ1n) is 10.8. The Balaban J connectivity index is 1.50. The molecule has 7 heteroatoms. The molecule has 2 aromatic heterocycles. The summed E-state index contributed by atoms with van der Waals surface area (Å²) in [6, 6.07) is 10.9. The summed E-state index contributed by atoms with van der Waals surface area (Å²) in [5.41, 5.74) is 1.93. The number of carbonyl (C=O) groups is 1. The first-order valence-corrected chi connectivity index (χ1v) is 11.6. The van der Waals surface area contributed by atoms with Crippen molar-refractivity contribution in [1.82, 2.24) is 14.9 Å². The highest BCUT2D eigenvalue weighted by atomic mass is 32.2. The van der Waals surface area contributed by atoms with Gasteiger partial charge in [-0.3, -0.25) is 14.2 Å². The van der Waals surface area contributed by atoms with Gasteiger partial charge in [0.25, 0.3) is 5.56 Å². The van der Waals surface area contributed by atoms with E-state index in [1.165, 1.54) is 30.2 Å². The van der Waals surface area contributed by atoms with Gasteiger partial charge in [-0.1, -0.05) is 35.5 Å². The second kappa shape index (κ2) is 10.0. The van der Waals surface area contributed by atoms with Crippen LogP contribution in [0.5, 0.6) is 0 Å². The molecular weight excluding hydrogens is 410 g/mol. The number of amides is 1. The predicted molar refractivity (Wildman–Crippen MR) is 123 cm³/mol. The molecule has 0 spiro atoms. The molecule has 1 aliphatic rings. The molecule has 1 amide bonds. The minimum atomic E-state index is -0.378. The van der Waals surface area contributed by atoms with E-state index >= 15 is 0 Å². The lowest BCUT2D eigenvalue weighted by atomic mass is 9.97. The zero-order chi connectivity index (χ0) is 21.6. The van der Waals surface area contributed by atoms with Crippen molar-refractivity contribution in [1.29, 1.82) is 0 Å². The molecule has 1 unspecified atom stereocenters. The molecule has 31 heavy (non-hydrogen) atoms. The van der Waals surface area contributed by atoms with E-state index in [1.807, 2.05) is 31.2 Å². The van der Waals surface area contributed by atoms with Crippen LogP contribution >= 0.6 is 11.8 Å². The van der Waals surface area contributed by atoms with Crippen molar-refractivity contribution in [2.24, 2.45) is 0 Å². The van der Waals surface area contributed by atoms with Gasteiger partial charge >= 0.3 is 0 Å². The van der Waals surface area contributed by atoms with Crippen LogP contribution in [0.4, 0.5) is 0 Å². The van der Waals surface area contributed by atoms with Crippen LogP contribution in [0.2, 0.25) is 0 Å². The molecule has 0 aliphatic heterocycles. The van der Waals surface area contributed by atoms with E-state index < -0.39 is 0 Å². The Morgan fingerprint density at radius 2 is 2.13 bits per heavy atom. The van der Waals surface area contributed by atoms with Gasteiger partial charge in [0, 0.05) is 6.54 Å². The number of nitrogens with one attached hydrogen (secondary N) is 1. The number of hydrogen-bond donors (Lipinski definition) is 1. The van der Waals surface area contributed by atoms with Gasteiger partial charge in [0.15, 0.2) is 5.16 Å². The lowest BCUT2D eigenvalue weighted by Crippen LogP contribution is -2.33. The van der Waals surface area contributed by atoms with Crippen molar-refractivity contribution in [3.05, 3.63) is 70.4 Å². The van der Waals surface area contributed by atoms with Crippen LogP contribution in [0.1, 0.15) is 44.8 Å². The number of thioether (sulfide) groups is 1. The van der Waals surface area contributed by atoms with Gasteiger partial charge in [-0.05, 0) is 63.3 Å². The number of rotatable bonds is 8. The minimum Gasteiger partial charge on any atom is -0.467 e. The van der Waals surface area contributed by atoms with Crippen LogP contribution in [0.25, 0.3) is 10.9 Å². The van der Waals surface area contributed by atoms with Crippen molar-refractivity contribution in [3.63, 3.8) is 0 Å². The third kappa shape index (κ3) is 5.28. The van der Waals surface area contributed by atoms with Gasteiger partial charge in [0.2, 0.25) is 5.91 Å². The highest BCUT2D eigenvalue weighted by molar-refractivity contribution is 8.00. The van der Waals surface area contributed by atoms with Crippen LogP contribution in [-0.2, 0) is 11.3 Å². The van der Waals surface area contributed by atoms with Crippen LogP contribution < -0.4 is 10.9 Å². The second-order valence-corrected chi connectivity index (χ2v) is 9.10. The molecule has 6 nitrogen and oxygen atoms in total. The fraction of sp³-hybridized carbons (Fsp3) is 0.375. The molecule has 0 radical (unpaired) electrons. The number of allylic oxidation sites excluding steroid dienone is 1. The molecule has 1 atom stereocenters. The predicted octanol–water partition coefficient (Wildman–Crippen LogP) is 4.53. The maximum absolute atomic E-state index is 13.1. The normalized spacial score (nSPS) is 14.9. The lowest BCUT2D eigenvalue weighted by molar-refractivity contribution is -0.120. The number of furan rings is 1. The van der Waals surface area contributed by atoms with Gasteiger partial charge in [0.05, 0.1) is 29.0 Å². The topological polar surface area (TPSA) is 77.1 Å². The van der Waals surface area contributed by atoms with Crippen molar-refractivity contribution >= 4 is 28.6 Å². The van der Waals surface area contributed by atoms with Crippen molar-refractivity contribution in [3.8, 4) is 0 Å². The van der Waals surface area contributed by atoms with E-state index in [-0.39, 0.29) is 23.3 Å². The summed E-state index contributed by atoms with van der Waals surface area (Å²) in [6.07, 6.45) is 9.59. The Hall–Kier alpha value is -2.80. The van der Waals surface area contributed by atoms with Crippen molar-refractivity contribution in [2.75, 3.05) is 6.54 Å². The first kappa shape index (κ1) is 21.4. The Kier molecular flexibility index (Phi) is 6.92. The number of fused-ring (bicyclic) bond motifs is 1. The number of benzene rings is 1. The van der Waals surface area contributed by atoms with E-state index in [0.717, 1.165) is 19.3 Å². The highest BCUT2D eigenvalue weighted by Gasteiger charge is 2.20. The van der Waals surface area contributed by atoms with E-state index in [4.69, 9.17) is 4.42 Å². The molecular formula is C24H27N3O3S. The number of aromatic nitrogens is 2. The number of carbonyl (C=O) groups excluding carboxylic acids is 1. The Bertz CT molecular complexity index is 1130. The van der Waals surface area contributed by atoms with Crippen LogP contribution in [0, 0.1) is 0 Å². The summed E-state index contributed by atoms with van der Waals surface area (Å²) in [6.45, 7) is 2.76. The standard InChI is InChI=1S/C24H27N3O3S/c1-17(22(28)25-14-13-18-8-3-2-4-9-18)31-24-26-21-12-6-5-11-20(21)23(29)27(24)16-19-10-7-15-30-19/h5-8,10-12,15,17H,2-4,9,13-14,16H2,1H3,(H,25,28). The molecule has 3 aromatic rings. The zero-order valence-corrected chi connectivity index (χ0v) is 18.5. The maximum atomic E-state index is 13.1. The van der Waals surface area contributed by atoms with Gasteiger partial charge < -0.3 is 9.73 Å². The molecule has 4 rings (SSSR count). The van der Waals surface area contributed by atoms with Crippen molar-refractivity contribution in [2.45, 2.75) is 56.0 Å². The quantitative estimate of drug-likeness (QED) is 0.318. The summed E-state index contributed by atoms with van der Waals surface area (Å²) in [5, 5.41) is 3.72. The van der Waals surface area contributed by atoms with Gasteiger partial charge in [-0.15, -0.1) is 0 Å². The average molecular weight is 438 g/mol. The summed E-state index contributed by atoms with van der Waals surface area (Å²) in [7, 11) is 0. The van der Waals surface area contributed by atoms with Gasteiger partial charge in [-0.2, -0.15) is 0 Å².